The van der Waals surface area contributed by atoms with Crippen LogP contribution in [0.3, 0.4) is 0 Å². The Balaban J connectivity index is 1.75. The highest BCUT2D eigenvalue weighted by Gasteiger charge is 2.16. The van der Waals surface area contributed by atoms with Gasteiger partial charge in [-0.3, -0.25) is 4.79 Å². The lowest BCUT2D eigenvalue weighted by molar-refractivity contribution is 0.312. The molecule has 27 heavy (non-hydrogen) atoms. The van der Waals surface area contributed by atoms with Gasteiger partial charge in [0.15, 0.2) is 0 Å². The lowest BCUT2D eigenvalue weighted by Crippen LogP contribution is -2.29. The molecule has 5 nitrogen and oxygen atoms in total. The Morgan fingerprint density at radius 3 is 2.33 bits per heavy atom. The van der Waals surface area contributed by atoms with Crippen molar-refractivity contribution in [3.63, 3.8) is 0 Å². The molecule has 1 atom stereocenters. The Morgan fingerprint density at radius 1 is 1.07 bits per heavy atom. The molecule has 3 aromatic rings. The molecule has 0 saturated heterocycles. The maximum absolute atomic E-state index is 12.6. The Labute approximate surface area is 164 Å². The molecule has 0 saturated carbocycles. The van der Waals surface area contributed by atoms with Gasteiger partial charge in [-0.15, -0.1) is 0 Å². The molecule has 0 aliphatic rings. The molecule has 0 aliphatic carbocycles. The molecule has 6 heteroatoms. The van der Waals surface area contributed by atoms with Crippen molar-refractivity contribution in [2.75, 3.05) is 26.0 Å². The van der Waals surface area contributed by atoms with Crippen LogP contribution in [-0.4, -0.2) is 35.3 Å². The molecule has 0 amide bonds. The lowest BCUT2D eigenvalue weighted by atomic mass is 10.1. The SMILES string of the molecule is CN(C)C(CNc1cnn(Cc2ccccc2)c(=O)c1Cl)c1ccccc1. The van der Waals surface area contributed by atoms with Crippen LogP contribution in [0.5, 0.6) is 0 Å². The maximum atomic E-state index is 12.6. The summed E-state index contributed by atoms with van der Waals surface area (Å²) in [4.78, 5) is 14.7. The van der Waals surface area contributed by atoms with E-state index in [0.717, 1.165) is 5.56 Å². The van der Waals surface area contributed by atoms with Crippen LogP contribution in [0.25, 0.3) is 0 Å². The number of rotatable bonds is 7. The van der Waals surface area contributed by atoms with Crippen LogP contribution in [0, 0.1) is 0 Å². The zero-order valence-corrected chi connectivity index (χ0v) is 16.2. The molecule has 0 spiro atoms. The van der Waals surface area contributed by atoms with E-state index in [0.29, 0.717) is 18.8 Å². The molecule has 1 unspecified atom stereocenters. The third kappa shape index (κ3) is 4.76. The zero-order chi connectivity index (χ0) is 19.2. The van der Waals surface area contributed by atoms with E-state index in [1.165, 1.54) is 10.2 Å². The highest BCUT2D eigenvalue weighted by Crippen LogP contribution is 2.21. The molecule has 0 radical (unpaired) electrons. The van der Waals surface area contributed by atoms with Crippen molar-refractivity contribution in [1.29, 1.82) is 0 Å². The number of benzene rings is 2. The molecule has 1 aromatic heterocycles. The van der Waals surface area contributed by atoms with E-state index in [-0.39, 0.29) is 16.6 Å². The summed E-state index contributed by atoms with van der Waals surface area (Å²) < 4.78 is 1.38. The van der Waals surface area contributed by atoms with Gasteiger partial charge in [0.2, 0.25) is 0 Å². The Hall–Kier alpha value is -2.63. The maximum Gasteiger partial charge on any atom is 0.287 e. The van der Waals surface area contributed by atoms with Gasteiger partial charge in [0.25, 0.3) is 5.56 Å². The monoisotopic (exact) mass is 382 g/mol. The van der Waals surface area contributed by atoms with Crippen LogP contribution in [0.1, 0.15) is 17.2 Å². The van der Waals surface area contributed by atoms with Crippen molar-refractivity contribution in [1.82, 2.24) is 14.7 Å². The van der Waals surface area contributed by atoms with Gasteiger partial charge >= 0.3 is 0 Å². The van der Waals surface area contributed by atoms with Crippen LogP contribution in [-0.2, 0) is 6.54 Å². The van der Waals surface area contributed by atoms with Crippen molar-refractivity contribution in [2.45, 2.75) is 12.6 Å². The second kappa shape index (κ2) is 8.84. The highest BCUT2D eigenvalue weighted by molar-refractivity contribution is 6.32. The molecule has 1 N–H and O–H groups in total. The number of nitrogens with one attached hydrogen (secondary N) is 1. The zero-order valence-electron chi connectivity index (χ0n) is 15.5. The molecule has 0 bridgehead atoms. The van der Waals surface area contributed by atoms with E-state index in [9.17, 15) is 4.79 Å². The number of likely N-dealkylation sites (N-methyl/N-ethyl adjacent to an activating group) is 1. The largest absolute Gasteiger partial charge is 0.380 e. The lowest BCUT2D eigenvalue weighted by Gasteiger charge is -2.25. The quantitative estimate of drug-likeness (QED) is 0.677. The fraction of sp³-hybridized carbons (Fsp3) is 0.238. The minimum Gasteiger partial charge on any atom is -0.380 e. The van der Waals surface area contributed by atoms with Crippen molar-refractivity contribution in [2.24, 2.45) is 0 Å². The van der Waals surface area contributed by atoms with E-state index in [2.05, 4.69) is 27.4 Å². The molecular weight excluding hydrogens is 360 g/mol. The normalized spacial score (nSPS) is 12.1. The third-order valence-corrected chi connectivity index (χ3v) is 4.82. The predicted octanol–water partition coefficient (Wildman–Crippen LogP) is 3.66. The number of hydrogen-bond acceptors (Lipinski definition) is 4. The van der Waals surface area contributed by atoms with Crippen LogP contribution in [0.2, 0.25) is 5.02 Å². The predicted molar refractivity (Wildman–Crippen MR) is 110 cm³/mol. The summed E-state index contributed by atoms with van der Waals surface area (Å²) >= 11 is 6.32. The van der Waals surface area contributed by atoms with Gasteiger partial charge in [-0.2, -0.15) is 5.10 Å². The van der Waals surface area contributed by atoms with Gasteiger partial charge in [0.1, 0.15) is 5.02 Å². The number of anilines is 1. The van der Waals surface area contributed by atoms with Gasteiger partial charge < -0.3 is 10.2 Å². The molecule has 0 fully saturated rings. The number of nitrogens with zero attached hydrogens (tertiary/aromatic N) is 3. The van der Waals surface area contributed by atoms with Crippen LogP contribution in [0.4, 0.5) is 5.69 Å². The second-order valence-electron chi connectivity index (χ2n) is 6.59. The smallest absolute Gasteiger partial charge is 0.287 e. The first-order valence-corrected chi connectivity index (χ1v) is 9.19. The summed E-state index contributed by atoms with van der Waals surface area (Å²) in [6.45, 7) is 1.00. The molecule has 3 rings (SSSR count). The molecule has 140 valence electrons. The van der Waals surface area contributed by atoms with Crippen LogP contribution < -0.4 is 10.9 Å². The van der Waals surface area contributed by atoms with Gasteiger partial charge in [0, 0.05) is 6.54 Å². The van der Waals surface area contributed by atoms with E-state index in [4.69, 9.17) is 11.6 Å². The topological polar surface area (TPSA) is 50.2 Å². The summed E-state index contributed by atoms with van der Waals surface area (Å²) in [6, 6.07) is 20.1. The highest BCUT2D eigenvalue weighted by atomic mass is 35.5. The van der Waals surface area contributed by atoms with E-state index in [1.807, 2.05) is 62.6 Å². The van der Waals surface area contributed by atoms with E-state index < -0.39 is 0 Å². The van der Waals surface area contributed by atoms with Crippen LogP contribution >= 0.6 is 11.6 Å². The molecule has 2 aromatic carbocycles. The number of aromatic nitrogens is 2. The second-order valence-corrected chi connectivity index (χ2v) is 6.97. The Morgan fingerprint density at radius 2 is 1.70 bits per heavy atom. The third-order valence-electron chi connectivity index (χ3n) is 4.45. The summed E-state index contributed by atoms with van der Waals surface area (Å²) in [6.07, 6.45) is 1.62. The first-order valence-electron chi connectivity index (χ1n) is 8.81. The van der Waals surface area contributed by atoms with Crippen molar-refractivity contribution in [3.05, 3.63) is 93.4 Å². The van der Waals surface area contributed by atoms with Crippen LogP contribution in [0.15, 0.2) is 71.7 Å². The average molecular weight is 383 g/mol. The Bertz CT molecular complexity index is 926. The first kappa shape index (κ1) is 19.1. The number of hydrogen-bond donors (Lipinski definition) is 1. The Kier molecular flexibility index (Phi) is 6.27. The van der Waals surface area contributed by atoms with Crippen molar-refractivity contribution in [3.8, 4) is 0 Å². The van der Waals surface area contributed by atoms with Crippen molar-refractivity contribution < 1.29 is 0 Å². The summed E-state index contributed by atoms with van der Waals surface area (Å²) in [5.74, 6) is 0. The minimum atomic E-state index is -0.299. The molecule has 0 aliphatic heterocycles. The minimum absolute atomic E-state index is 0.147. The van der Waals surface area contributed by atoms with E-state index >= 15 is 0 Å². The fourth-order valence-corrected chi connectivity index (χ4v) is 3.15. The summed E-state index contributed by atoms with van der Waals surface area (Å²) in [5, 5.41) is 7.71. The summed E-state index contributed by atoms with van der Waals surface area (Å²) in [7, 11) is 4.05. The van der Waals surface area contributed by atoms with Gasteiger partial charge in [0.05, 0.1) is 24.5 Å². The number of halogens is 1. The van der Waals surface area contributed by atoms with Gasteiger partial charge in [-0.05, 0) is 25.2 Å². The standard InChI is InChI=1S/C21H23ClN4O/c1-25(2)19(17-11-7-4-8-12-17)14-23-18-13-24-26(21(27)20(18)22)15-16-9-5-3-6-10-16/h3-13,19,23H,14-15H2,1-2H3. The van der Waals surface area contributed by atoms with Gasteiger partial charge in [-0.25, -0.2) is 4.68 Å². The first-order chi connectivity index (χ1) is 13.1. The summed E-state index contributed by atoms with van der Waals surface area (Å²) in [5.41, 5.74) is 2.44. The molecule has 1 heterocycles. The fourth-order valence-electron chi connectivity index (χ4n) is 2.94. The van der Waals surface area contributed by atoms with Gasteiger partial charge in [-0.1, -0.05) is 72.3 Å². The van der Waals surface area contributed by atoms with E-state index in [1.54, 1.807) is 6.20 Å². The average Bonchev–Trinajstić information content (AvgIpc) is 2.68. The molecular formula is C21H23ClN4O. The van der Waals surface area contributed by atoms with Crippen molar-refractivity contribution >= 4 is 17.3 Å².